The lowest BCUT2D eigenvalue weighted by atomic mass is 10.1. The number of thioether (sulfide) groups is 1. The Labute approximate surface area is 159 Å². The van der Waals surface area contributed by atoms with Gasteiger partial charge < -0.3 is 15.8 Å². The van der Waals surface area contributed by atoms with Gasteiger partial charge in [-0.05, 0) is 61.4 Å². The summed E-state index contributed by atoms with van der Waals surface area (Å²) >= 11 is 1.70. The molecule has 25 heavy (non-hydrogen) atoms. The molecule has 0 spiro atoms. The molecule has 0 radical (unpaired) electrons. The maximum atomic E-state index is 12.0. The Hall–Kier alpha value is -1.69. The number of nitrogens with two attached hydrogens (primary N) is 1. The zero-order valence-corrected chi connectivity index (χ0v) is 16.2. The van der Waals surface area contributed by atoms with Crippen molar-refractivity contribution < 1.29 is 9.53 Å². The Bertz CT molecular complexity index is 678. The molecule has 2 aromatic rings. The molecule has 0 aliphatic heterocycles. The first-order chi connectivity index (χ1) is 11.6. The van der Waals surface area contributed by atoms with Gasteiger partial charge in [-0.15, -0.1) is 24.2 Å². The molecule has 0 aromatic heterocycles. The van der Waals surface area contributed by atoms with Crippen molar-refractivity contribution in [1.82, 2.24) is 0 Å². The fourth-order valence-electron chi connectivity index (χ4n) is 2.10. The van der Waals surface area contributed by atoms with Crippen LogP contribution >= 0.6 is 24.2 Å². The van der Waals surface area contributed by atoms with E-state index in [-0.39, 0.29) is 18.3 Å². The first kappa shape index (κ1) is 21.4. The lowest BCUT2D eigenvalue weighted by molar-refractivity contribution is -0.115. The number of amides is 1. The summed E-state index contributed by atoms with van der Waals surface area (Å²) in [6, 6.07) is 13.7. The van der Waals surface area contributed by atoms with Crippen molar-refractivity contribution in [1.29, 1.82) is 0 Å². The number of halogens is 1. The van der Waals surface area contributed by atoms with Crippen LogP contribution in [0.3, 0.4) is 0 Å². The van der Waals surface area contributed by atoms with Crippen LogP contribution in [0.15, 0.2) is 47.4 Å². The van der Waals surface area contributed by atoms with Crippen LogP contribution in [-0.2, 0) is 4.79 Å². The Kier molecular flexibility index (Phi) is 9.42. The number of nitrogens with one attached hydrogen (secondary N) is 1. The number of rotatable bonds is 8. The number of hydrogen-bond donors (Lipinski definition) is 2. The van der Waals surface area contributed by atoms with Crippen molar-refractivity contribution in [2.24, 2.45) is 5.73 Å². The largest absolute Gasteiger partial charge is 0.492 e. The fourth-order valence-corrected chi connectivity index (χ4v) is 3.05. The molecule has 0 saturated carbocycles. The fraction of sp³-hybridized carbons (Fsp3) is 0.316. The first-order valence-electron chi connectivity index (χ1n) is 8.01. The maximum absolute atomic E-state index is 12.0. The quantitative estimate of drug-likeness (QED) is 0.674. The third-order valence-corrected chi connectivity index (χ3v) is 4.60. The lowest BCUT2D eigenvalue weighted by Crippen LogP contribution is -2.12. The molecule has 6 heteroatoms. The summed E-state index contributed by atoms with van der Waals surface area (Å²) in [5.41, 5.74) is 8.73. The van der Waals surface area contributed by atoms with Gasteiger partial charge in [0.15, 0.2) is 0 Å². The first-order valence-corrected chi connectivity index (χ1v) is 9.00. The van der Waals surface area contributed by atoms with Crippen LogP contribution in [0.1, 0.15) is 17.5 Å². The van der Waals surface area contributed by atoms with Gasteiger partial charge in [0.25, 0.3) is 0 Å². The molecule has 136 valence electrons. The molecular formula is C19H25ClN2O2S. The highest BCUT2D eigenvalue weighted by atomic mass is 35.5. The molecule has 0 fully saturated rings. The van der Waals surface area contributed by atoms with Gasteiger partial charge in [-0.3, -0.25) is 4.79 Å². The number of carbonyl (C=O) groups excluding carboxylic acids is 1. The minimum absolute atomic E-state index is 0. The van der Waals surface area contributed by atoms with E-state index in [1.807, 2.05) is 24.3 Å². The Balaban J connectivity index is 0.00000312. The molecule has 1 amide bonds. The zero-order chi connectivity index (χ0) is 17.4. The van der Waals surface area contributed by atoms with Gasteiger partial charge in [-0.25, -0.2) is 0 Å². The van der Waals surface area contributed by atoms with Crippen molar-refractivity contribution in [3.8, 4) is 5.75 Å². The van der Waals surface area contributed by atoms with E-state index in [0.29, 0.717) is 19.6 Å². The van der Waals surface area contributed by atoms with Crippen LogP contribution in [0.2, 0.25) is 0 Å². The van der Waals surface area contributed by atoms with Crippen LogP contribution in [-0.4, -0.2) is 24.8 Å². The second kappa shape index (κ2) is 11.0. The summed E-state index contributed by atoms with van der Waals surface area (Å²) < 4.78 is 5.41. The zero-order valence-electron chi connectivity index (χ0n) is 14.6. The predicted molar refractivity (Wildman–Crippen MR) is 108 cm³/mol. The highest BCUT2D eigenvalue weighted by Crippen LogP contribution is 2.22. The van der Waals surface area contributed by atoms with Crippen LogP contribution < -0.4 is 15.8 Å². The molecule has 2 aromatic carbocycles. The number of hydrogen-bond acceptors (Lipinski definition) is 4. The Morgan fingerprint density at radius 3 is 2.48 bits per heavy atom. The lowest BCUT2D eigenvalue weighted by Gasteiger charge is -2.08. The van der Waals surface area contributed by atoms with E-state index in [2.05, 4.69) is 37.4 Å². The van der Waals surface area contributed by atoms with Crippen LogP contribution in [0.4, 0.5) is 5.69 Å². The molecule has 0 unspecified atom stereocenters. The number of carbonyl (C=O) groups is 1. The van der Waals surface area contributed by atoms with Gasteiger partial charge in [-0.1, -0.05) is 6.07 Å². The summed E-state index contributed by atoms with van der Waals surface area (Å²) in [4.78, 5) is 13.2. The van der Waals surface area contributed by atoms with Crippen LogP contribution in [0, 0.1) is 13.8 Å². The summed E-state index contributed by atoms with van der Waals surface area (Å²) in [5, 5.41) is 2.90. The summed E-state index contributed by atoms with van der Waals surface area (Å²) in [7, 11) is 0. The number of anilines is 1. The standard InChI is InChI=1S/C19H24N2O2S.ClH/c1-14-3-8-18(13-15(14)2)24-12-9-19(22)21-16-4-6-17(7-5-16)23-11-10-20;/h3-8,13H,9-12,20H2,1-2H3,(H,21,22);1H. The van der Waals surface area contributed by atoms with Gasteiger partial charge in [0.1, 0.15) is 12.4 Å². The summed E-state index contributed by atoms with van der Waals surface area (Å²) in [5.74, 6) is 1.53. The van der Waals surface area contributed by atoms with Crippen molar-refractivity contribution in [2.45, 2.75) is 25.2 Å². The number of benzene rings is 2. The molecule has 2 rings (SSSR count). The highest BCUT2D eigenvalue weighted by Gasteiger charge is 2.04. The average Bonchev–Trinajstić information content (AvgIpc) is 2.57. The van der Waals surface area contributed by atoms with E-state index in [9.17, 15) is 4.79 Å². The van der Waals surface area contributed by atoms with E-state index >= 15 is 0 Å². The van der Waals surface area contributed by atoms with Gasteiger partial charge in [0, 0.05) is 29.3 Å². The average molecular weight is 381 g/mol. The molecule has 0 atom stereocenters. The van der Waals surface area contributed by atoms with Crippen molar-refractivity contribution in [3.63, 3.8) is 0 Å². The van der Waals surface area contributed by atoms with Crippen LogP contribution in [0.5, 0.6) is 5.75 Å². The SMILES string of the molecule is Cc1ccc(SCCC(=O)Nc2ccc(OCCN)cc2)cc1C.Cl. The molecule has 3 N–H and O–H groups in total. The second-order valence-electron chi connectivity index (χ2n) is 5.55. The summed E-state index contributed by atoms with van der Waals surface area (Å²) in [6.45, 7) is 5.18. The molecule has 4 nitrogen and oxygen atoms in total. The van der Waals surface area contributed by atoms with Gasteiger partial charge >= 0.3 is 0 Å². The van der Waals surface area contributed by atoms with Crippen molar-refractivity contribution in [2.75, 3.05) is 24.2 Å². The minimum Gasteiger partial charge on any atom is -0.492 e. The monoisotopic (exact) mass is 380 g/mol. The van der Waals surface area contributed by atoms with E-state index in [1.54, 1.807) is 11.8 Å². The van der Waals surface area contributed by atoms with Gasteiger partial charge in [0.05, 0.1) is 0 Å². The van der Waals surface area contributed by atoms with Crippen molar-refractivity contribution >= 4 is 35.8 Å². The molecule has 0 aliphatic rings. The second-order valence-corrected chi connectivity index (χ2v) is 6.72. The molecule has 0 aliphatic carbocycles. The molecule has 0 heterocycles. The molecule has 0 bridgehead atoms. The third-order valence-electron chi connectivity index (χ3n) is 3.60. The highest BCUT2D eigenvalue weighted by molar-refractivity contribution is 7.99. The minimum atomic E-state index is 0. The Morgan fingerprint density at radius 2 is 1.84 bits per heavy atom. The third kappa shape index (κ3) is 7.38. The number of aryl methyl sites for hydroxylation is 2. The van der Waals surface area contributed by atoms with E-state index in [4.69, 9.17) is 10.5 Å². The smallest absolute Gasteiger partial charge is 0.225 e. The molecule has 0 saturated heterocycles. The number of ether oxygens (including phenoxy) is 1. The van der Waals surface area contributed by atoms with Gasteiger partial charge in [0.2, 0.25) is 5.91 Å². The Morgan fingerprint density at radius 1 is 1.12 bits per heavy atom. The summed E-state index contributed by atoms with van der Waals surface area (Å²) in [6.07, 6.45) is 0.475. The van der Waals surface area contributed by atoms with Crippen LogP contribution in [0.25, 0.3) is 0 Å². The van der Waals surface area contributed by atoms with E-state index < -0.39 is 0 Å². The predicted octanol–water partition coefficient (Wildman–Crippen LogP) is 4.18. The van der Waals surface area contributed by atoms with E-state index in [0.717, 1.165) is 17.2 Å². The van der Waals surface area contributed by atoms with Gasteiger partial charge in [-0.2, -0.15) is 0 Å². The molecular weight excluding hydrogens is 356 g/mol. The topological polar surface area (TPSA) is 64.3 Å². The van der Waals surface area contributed by atoms with Crippen molar-refractivity contribution in [3.05, 3.63) is 53.6 Å². The maximum Gasteiger partial charge on any atom is 0.225 e. The van der Waals surface area contributed by atoms with E-state index in [1.165, 1.54) is 16.0 Å². The normalized spacial score (nSPS) is 10.0.